The molecule has 1 aromatic rings. The summed E-state index contributed by atoms with van der Waals surface area (Å²) in [7, 11) is 0. The highest BCUT2D eigenvalue weighted by atomic mass is 16.5. The highest BCUT2D eigenvalue weighted by Gasteiger charge is 2.30. The Kier molecular flexibility index (Phi) is 5.41. The van der Waals surface area contributed by atoms with Crippen LogP contribution in [0, 0.1) is 0 Å². The second-order valence-corrected chi connectivity index (χ2v) is 5.59. The molecule has 1 aromatic carbocycles. The minimum Gasteiger partial charge on any atom is -0.373 e. The highest BCUT2D eigenvalue weighted by Crippen LogP contribution is 2.30. The van der Waals surface area contributed by atoms with Gasteiger partial charge in [0.2, 0.25) is 0 Å². The Bertz CT molecular complexity index is 373. The minimum absolute atomic E-state index is 0.328. The fourth-order valence-corrected chi connectivity index (χ4v) is 2.80. The van der Waals surface area contributed by atoms with Crippen LogP contribution in [0.15, 0.2) is 24.3 Å². The van der Waals surface area contributed by atoms with Crippen LogP contribution in [0.2, 0.25) is 0 Å². The Labute approximate surface area is 117 Å². The van der Waals surface area contributed by atoms with Crippen molar-refractivity contribution in [3.63, 3.8) is 0 Å². The van der Waals surface area contributed by atoms with Gasteiger partial charge in [0.25, 0.3) is 0 Å². The van der Waals surface area contributed by atoms with E-state index in [1.165, 1.54) is 17.5 Å². The average molecular weight is 261 g/mol. The summed E-state index contributed by atoms with van der Waals surface area (Å²) >= 11 is 0. The van der Waals surface area contributed by atoms with E-state index in [9.17, 15) is 0 Å². The third kappa shape index (κ3) is 3.80. The zero-order valence-corrected chi connectivity index (χ0v) is 12.5. The summed E-state index contributed by atoms with van der Waals surface area (Å²) in [5.74, 6) is 0. The predicted molar refractivity (Wildman–Crippen MR) is 80.4 cm³/mol. The monoisotopic (exact) mass is 261 g/mol. The molecule has 0 bridgehead atoms. The number of nitrogens with one attached hydrogen (secondary N) is 1. The lowest BCUT2D eigenvalue weighted by Gasteiger charge is -2.25. The van der Waals surface area contributed by atoms with Gasteiger partial charge in [-0.2, -0.15) is 0 Å². The van der Waals surface area contributed by atoms with Gasteiger partial charge in [0.15, 0.2) is 0 Å². The van der Waals surface area contributed by atoms with Crippen LogP contribution in [0.1, 0.15) is 57.2 Å². The fourth-order valence-electron chi connectivity index (χ4n) is 2.80. The largest absolute Gasteiger partial charge is 0.373 e. The van der Waals surface area contributed by atoms with Gasteiger partial charge in [0, 0.05) is 0 Å². The third-order valence-corrected chi connectivity index (χ3v) is 4.00. The Morgan fingerprint density at radius 3 is 2.47 bits per heavy atom. The maximum Gasteiger partial charge on any atom is 0.0774 e. The summed E-state index contributed by atoms with van der Waals surface area (Å²) in [5, 5.41) is 3.66. The van der Waals surface area contributed by atoms with E-state index >= 15 is 0 Å². The molecular weight excluding hydrogens is 234 g/mol. The first-order valence-corrected chi connectivity index (χ1v) is 7.72. The lowest BCUT2D eigenvalue weighted by molar-refractivity contribution is 0.0316. The van der Waals surface area contributed by atoms with E-state index in [4.69, 9.17) is 4.74 Å². The first-order valence-electron chi connectivity index (χ1n) is 7.72. The van der Waals surface area contributed by atoms with Crippen molar-refractivity contribution >= 4 is 0 Å². The minimum atomic E-state index is 0.328. The molecular formula is C17H27NO. The van der Waals surface area contributed by atoms with E-state index in [-0.39, 0.29) is 0 Å². The second kappa shape index (κ2) is 7.06. The number of benzene rings is 1. The highest BCUT2D eigenvalue weighted by molar-refractivity contribution is 5.26. The molecule has 1 aliphatic heterocycles. The van der Waals surface area contributed by atoms with Crippen LogP contribution in [-0.4, -0.2) is 18.8 Å². The summed E-state index contributed by atoms with van der Waals surface area (Å²) in [6.07, 6.45) is 5.34. The van der Waals surface area contributed by atoms with Gasteiger partial charge in [0.05, 0.1) is 18.2 Å². The van der Waals surface area contributed by atoms with Gasteiger partial charge in [0.1, 0.15) is 0 Å². The summed E-state index contributed by atoms with van der Waals surface area (Å²) in [5.41, 5.74) is 2.77. The lowest BCUT2D eigenvalue weighted by Crippen LogP contribution is -2.32. The quantitative estimate of drug-likeness (QED) is 0.839. The first kappa shape index (κ1) is 14.5. The van der Waals surface area contributed by atoms with Crippen LogP contribution in [0.3, 0.4) is 0 Å². The number of rotatable bonds is 6. The zero-order chi connectivity index (χ0) is 13.7. The van der Waals surface area contributed by atoms with Crippen molar-refractivity contribution in [2.24, 2.45) is 0 Å². The fraction of sp³-hybridized carbons (Fsp3) is 0.647. The van der Waals surface area contributed by atoms with Crippen LogP contribution in [0.25, 0.3) is 0 Å². The molecule has 1 fully saturated rings. The Morgan fingerprint density at radius 2 is 1.95 bits per heavy atom. The molecule has 0 spiro atoms. The van der Waals surface area contributed by atoms with Crippen LogP contribution in [0.4, 0.5) is 0 Å². The van der Waals surface area contributed by atoms with Crippen LogP contribution < -0.4 is 5.32 Å². The molecule has 3 unspecified atom stereocenters. The first-order chi connectivity index (χ1) is 9.24. The second-order valence-electron chi connectivity index (χ2n) is 5.59. The molecule has 1 aliphatic rings. The van der Waals surface area contributed by atoms with E-state index in [0.717, 1.165) is 25.8 Å². The molecule has 1 heterocycles. The molecule has 1 N–H and O–H groups in total. The Balaban J connectivity index is 2.11. The number of aryl methyl sites for hydroxylation is 1. The molecule has 2 heteroatoms. The van der Waals surface area contributed by atoms with Crippen LogP contribution >= 0.6 is 0 Å². The van der Waals surface area contributed by atoms with Gasteiger partial charge < -0.3 is 10.1 Å². The third-order valence-electron chi connectivity index (χ3n) is 4.00. The summed E-state index contributed by atoms with van der Waals surface area (Å²) in [4.78, 5) is 0. The van der Waals surface area contributed by atoms with Crippen molar-refractivity contribution < 1.29 is 4.74 Å². The van der Waals surface area contributed by atoms with Gasteiger partial charge in [-0.3, -0.25) is 0 Å². The number of ether oxygens (including phenoxy) is 1. The van der Waals surface area contributed by atoms with E-state index in [2.05, 4.69) is 50.4 Å². The van der Waals surface area contributed by atoms with Gasteiger partial charge in [-0.05, 0) is 50.3 Å². The molecule has 0 amide bonds. The molecule has 2 nitrogen and oxygen atoms in total. The summed E-state index contributed by atoms with van der Waals surface area (Å²) in [6, 6.07) is 9.36. The Morgan fingerprint density at radius 1 is 1.21 bits per heavy atom. The predicted octanol–water partition coefficient (Wildman–Crippen LogP) is 3.86. The molecule has 19 heavy (non-hydrogen) atoms. The zero-order valence-electron chi connectivity index (χ0n) is 12.5. The van der Waals surface area contributed by atoms with E-state index < -0.39 is 0 Å². The SMILES string of the molecule is CCCNC(c1ccc(CC)cc1)C1CCC(C)O1. The van der Waals surface area contributed by atoms with Crippen molar-refractivity contribution in [1.29, 1.82) is 0 Å². The van der Waals surface area contributed by atoms with Crippen molar-refractivity contribution in [2.75, 3.05) is 6.54 Å². The maximum absolute atomic E-state index is 6.07. The molecule has 0 aromatic heterocycles. The summed E-state index contributed by atoms with van der Waals surface area (Å²) < 4.78 is 6.07. The van der Waals surface area contributed by atoms with Crippen LogP contribution in [-0.2, 0) is 11.2 Å². The smallest absolute Gasteiger partial charge is 0.0774 e. The normalized spacial score (nSPS) is 24.6. The van der Waals surface area contributed by atoms with Crippen molar-refractivity contribution in [3.05, 3.63) is 35.4 Å². The van der Waals surface area contributed by atoms with E-state index in [1.807, 2.05) is 0 Å². The molecule has 1 saturated heterocycles. The van der Waals surface area contributed by atoms with Crippen LogP contribution in [0.5, 0.6) is 0 Å². The van der Waals surface area contributed by atoms with Crippen molar-refractivity contribution in [1.82, 2.24) is 5.32 Å². The molecule has 0 radical (unpaired) electrons. The van der Waals surface area contributed by atoms with Gasteiger partial charge >= 0.3 is 0 Å². The number of hydrogen-bond acceptors (Lipinski definition) is 2. The molecule has 0 saturated carbocycles. The topological polar surface area (TPSA) is 21.3 Å². The molecule has 2 rings (SSSR count). The molecule has 106 valence electrons. The van der Waals surface area contributed by atoms with E-state index in [0.29, 0.717) is 18.2 Å². The molecule has 3 atom stereocenters. The average Bonchev–Trinajstić information content (AvgIpc) is 2.86. The van der Waals surface area contributed by atoms with Gasteiger partial charge in [-0.15, -0.1) is 0 Å². The standard InChI is InChI=1S/C17H27NO/c1-4-12-18-17(16-11-6-13(3)19-16)15-9-7-14(5-2)8-10-15/h7-10,13,16-18H,4-6,11-12H2,1-3H3. The van der Waals surface area contributed by atoms with Crippen molar-refractivity contribution in [2.45, 2.75) is 64.7 Å². The van der Waals surface area contributed by atoms with Gasteiger partial charge in [-0.25, -0.2) is 0 Å². The van der Waals surface area contributed by atoms with Gasteiger partial charge in [-0.1, -0.05) is 38.1 Å². The maximum atomic E-state index is 6.07. The summed E-state index contributed by atoms with van der Waals surface area (Å²) in [6.45, 7) is 7.64. The van der Waals surface area contributed by atoms with E-state index in [1.54, 1.807) is 0 Å². The van der Waals surface area contributed by atoms with Crippen molar-refractivity contribution in [3.8, 4) is 0 Å². The Hall–Kier alpha value is -0.860. The lowest BCUT2D eigenvalue weighted by atomic mass is 9.97. The molecule has 0 aliphatic carbocycles. The number of hydrogen-bond donors (Lipinski definition) is 1.